The van der Waals surface area contributed by atoms with Crippen LogP contribution in [0.2, 0.25) is 0 Å². The van der Waals surface area contributed by atoms with Crippen LogP contribution in [0, 0.1) is 0 Å². The third-order valence-electron chi connectivity index (χ3n) is 3.01. The van der Waals surface area contributed by atoms with Crippen LogP contribution in [0.4, 0.5) is 11.5 Å². The van der Waals surface area contributed by atoms with Gasteiger partial charge in [-0.25, -0.2) is 9.97 Å². The lowest BCUT2D eigenvalue weighted by Crippen LogP contribution is -2.25. The number of fused-ring (bicyclic) bond motifs is 1. The molecule has 2 heterocycles. The number of para-hydroxylation sites is 1. The average Bonchev–Trinajstić information content (AvgIpc) is 2.42. The van der Waals surface area contributed by atoms with E-state index in [1.165, 1.54) is 5.56 Å². The largest absolute Gasteiger partial charge is 0.339 e. The van der Waals surface area contributed by atoms with Crippen LogP contribution in [-0.4, -0.2) is 16.5 Å². The Hall–Kier alpha value is -1.46. The van der Waals surface area contributed by atoms with Crippen molar-refractivity contribution in [3.8, 4) is 0 Å². The van der Waals surface area contributed by atoms with Gasteiger partial charge in [-0.3, -0.25) is 0 Å². The number of nitrogens with zero attached hydrogens (tertiary/aromatic N) is 2. The number of hydrogen-bond acceptors (Lipinski definition) is 4. The first-order valence-electron chi connectivity index (χ1n) is 5.89. The van der Waals surface area contributed by atoms with Gasteiger partial charge in [-0.15, -0.1) is 0 Å². The number of anilines is 2. The zero-order valence-corrected chi connectivity index (χ0v) is 11.4. The zero-order chi connectivity index (χ0) is 12.4. The quantitative estimate of drug-likeness (QED) is 0.895. The minimum absolute atomic E-state index is 0.822. The molecule has 18 heavy (non-hydrogen) atoms. The molecule has 0 amide bonds. The third kappa shape index (κ3) is 2.23. The van der Waals surface area contributed by atoms with Crippen molar-refractivity contribution in [1.29, 1.82) is 0 Å². The minimum atomic E-state index is 0.822. The lowest BCUT2D eigenvalue weighted by Gasteiger charge is -2.19. The second-order valence-electron chi connectivity index (χ2n) is 4.18. The fourth-order valence-electron chi connectivity index (χ4n) is 2.08. The van der Waals surface area contributed by atoms with Crippen molar-refractivity contribution in [3.05, 3.63) is 46.3 Å². The molecule has 0 radical (unpaired) electrons. The summed E-state index contributed by atoms with van der Waals surface area (Å²) in [4.78, 5) is 8.68. The summed E-state index contributed by atoms with van der Waals surface area (Å²) >= 11 is 3.53. The van der Waals surface area contributed by atoms with Gasteiger partial charge in [0.25, 0.3) is 0 Å². The van der Waals surface area contributed by atoms with Gasteiger partial charge in [-0.1, -0.05) is 12.1 Å². The van der Waals surface area contributed by atoms with Crippen LogP contribution in [0.25, 0.3) is 0 Å². The lowest BCUT2D eigenvalue weighted by molar-refractivity contribution is 0.624. The molecule has 1 aliphatic heterocycles. The molecule has 5 heteroatoms. The maximum atomic E-state index is 4.36. The van der Waals surface area contributed by atoms with E-state index < -0.39 is 0 Å². The highest BCUT2D eigenvalue weighted by Crippen LogP contribution is 2.27. The van der Waals surface area contributed by atoms with Crippen molar-refractivity contribution in [1.82, 2.24) is 15.3 Å². The standard InChI is InChI=1S/C13H13BrN4/c14-10-3-1-2-4-11(10)18-13-9-5-6-15-7-12(9)16-8-17-13/h1-4,8,15H,5-7H2,(H,16,17,18). The van der Waals surface area contributed by atoms with Crippen LogP contribution < -0.4 is 10.6 Å². The molecule has 2 N–H and O–H groups in total. The lowest BCUT2D eigenvalue weighted by atomic mass is 10.1. The summed E-state index contributed by atoms with van der Waals surface area (Å²) in [6.07, 6.45) is 2.58. The van der Waals surface area contributed by atoms with Crippen molar-refractivity contribution >= 4 is 27.4 Å². The molecular formula is C13H13BrN4. The first kappa shape index (κ1) is 11.6. The summed E-state index contributed by atoms with van der Waals surface area (Å²) < 4.78 is 1.03. The molecule has 1 aromatic carbocycles. The van der Waals surface area contributed by atoms with Crippen molar-refractivity contribution in [2.24, 2.45) is 0 Å². The van der Waals surface area contributed by atoms with E-state index in [2.05, 4.69) is 36.5 Å². The van der Waals surface area contributed by atoms with Crippen LogP contribution >= 0.6 is 15.9 Å². The van der Waals surface area contributed by atoms with Crippen LogP contribution in [0.15, 0.2) is 35.1 Å². The van der Waals surface area contributed by atoms with E-state index in [1.54, 1.807) is 6.33 Å². The second-order valence-corrected chi connectivity index (χ2v) is 5.03. The van der Waals surface area contributed by atoms with E-state index in [4.69, 9.17) is 0 Å². The van der Waals surface area contributed by atoms with Gasteiger partial charge in [0.1, 0.15) is 12.1 Å². The van der Waals surface area contributed by atoms with Gasteiger partial charge in [0.2, 0.25) is 0 Å². The van der Waals surface area contributed by atoms with E-state index in [0.717, 1.165) is 41.2 Å². The molecule has 3 rings (SSSR count). The molecule has 4 nitrogen and oxygen atoms in total. The van der Waals surface area contributed by atoms with E-state index in [-0.39, 0.29) is 0 Å². The Morgan fingerprint density at radius 2 is 2.11 bits per heavy atom. The van der Waals surface area contributed by atoms with E-state index >= 15 is 0 Å². The summed E-state index contributed by atoms with van der Waals surface area (Å²) in [5.74, 6) is 0.911. The average molecular weight is 305 g/mol. The Morgan fingerprint density at radius 3 is 3.00 bits per heavy atom. The number of halogens is 1. The van der Waals surface area contributed by atoms with Crippen LogP contribution in [0.5, 0.6) is 0 Å². The zero-order valence-electron chi connectivity index (χ0n) is 9.78. The second kappa shape index (κ2) is 5.04. The van der Waals surface area contributed by atoms with E-state index in [9.17, 15) is 0 Å². The molecule has 0 unspecified atom stereocenters. The topological polar surface area (TPSA) is 49.8 Å². The van der Waals surface area contributed by atoms with Gasteiger partial charge < -0.3 is 10.6 Å². The maximum Gasteiger partial charge on any atom is 0.137 e. The summed E-state index contributed by atoms with van der Waals surface area (Å²) in [6, 6.07) is 8.04. The molecule has 2 aromatic rings. The van der Waals surface area contributed by atoms with Crippen LogP contribution in [0.1, 0.15) is 11.3 Å². The first-order chi connectivity index (χ1) is 8.84. The van der Waals surface area contributed by atoms with Gasteiger partial charge in [-0.2, -0.15) is 0 Å². The fraction of sp³-hybridized carbons (Fsp3) is 0.231. The molecule has 0 saturated carbocycles. The van der Waals surface area contributed by atoms with Crippen molar-refractivity contribution in [3.63, 3.8) is 0 Å². The third-order valence-corrected chi connectivity index (χ3v) is 3.70. The Bertz CT molecular complexity index is 571. The highest BCUT2D eigenvalue weighted by molar-refractivity contribution is 9.10. The van der Waals surface area contributed by atoms with Gasteiger partial charge in [-0.05, 0) is 41.0 Å². The molecular weight excluding hydrogens is 292 g/mol. The van der Waals surface area contributed by atoms with Gasteiger partial charge in [0.15, 0.2) is 0 Å². The fourth-order valence-corrected chi connectivity index (χ4v) is 2.47. The molecule has 1 aromatic heterocycles. The van der Waals surface area contributed by atoms with Gasteiger partial charge in [0.05, 0.1) is 11.4 Å². The Balaban J connectivity index is 1.96. The normalized spacial score (nSPS) is 14.1. The summed E-state index contributed by atoms with van der Waals surface area (Å²) in [7, 11) is 0. The highest BCUT2D eigenvalue weighted by atomic mass is 79.9. The SMILES string of the molecule is Brc1ccccc1Nc1ncnc2c1CCNC2. The monoisotopic (exact) mass is 304 g/mol. The molecule has 0 saturated heterocycles. The van der Waals surface area contributed by atoms with Crippen LogP contribution in [0.3, 0.4) is 0 Å². The number of nitrogens with one attached hydrogen (secondary N) is 2. The Kier molecular flexibility index (Phi) is 3.25. The molecule has 0 fully saturated rings. The molecule has 1 aliphatic rings. The number of aromatic nitrogens is 2. The Labute approximate surface area is 114 Å². The highest BCUT2D eigenvalue weighted by Gasteiger charge is 2.15. The molecule has 0 bridgehead atoms. The first-order valence-corrected chi connectivity index (χ1v) is 6.69. The summed E-state index contributed by atoms with van der Waals surface area (Å²) in [5, 5.41) is 6.69. The van der Waals surface area contributed by atoms with Crippen molar-refractivity contribution < 1.29 is 0 Å². The molecule has 92 valence electrons. The predicted octanol–water partition coefficient (Wildman–Crippen LogP) is 2.63. The van der Waals surface area contributed by atoms with Crippen molar-refractivity contribution in [2.75, 3.05) is 11.9 Å². The van der Waals surface area contributed by atoms with Crippen LogP contribution in [-0.2, 0) is 13.0 Å². The van der Waals surface area contributed by atoms with Crippen molar-refractivity contribution in [2.45, 2.75) is 13.0 Å². The summed E-state index contributed by atoms with van der Waals surface area (Å²) in [6.45, 7) is 1.80. The molecule has 0 atom stereocenters. The van der Waals surface area contributed by atoms with E-state index in [1.807, 2.05) is 24.3 Å². The number of benzene rings is 1. The predicted molar refractivity (Wildman–Crippen MR) is 74.9 cm³/mol. The Morgan fingerprint density at radius 1 is 1.22 bits per heavy atom. The minimum Gasteiger partial charge on any atom is -0.339 e. The molecule has 0 spiro atoms. The van der Waals surface area contributed by atoms with E-state index in [0.29, 0.717) is 0 Å². The van der Waals surface area contributed by atoms with Gasteiger partial charge in [0, 0.05) is 16.6 Å². The maximum absolute atomic E-state index is 4.36. The smallest absolute Gasteiger partial charge is 0.137 e. The number of hydrogen-bond donors (Lipinski definition) is 2. The summed E-state index contributed by atoms with van der Waals surface area (Å²) in [5.41, 5.74) is 3.33. The van der Waals surface area contributed by atoms with Gasteiger partial charge >= 0.3 is 0 Å². The number of rotatable bonds is 2. The molecule has 0 aliphatic carbocycles.